The lowest BCUT2D eigenvalue weighted by Gasteiger charge is -2.36. The molecule has 1 aromatic heterocycles. The second-order valence-corrected chi connectivity index (χ2v) is 7.34. The van der Waals surface area contributed by atoms with E-state index < -0.39 is 5.72 Å². The van der Waals surface area contributed by atoms with E-state index in [1.54, 1.807) is 12.1 Å². The number of ether oxygens (including phenoxy) is 1. The van der Waals surface area contributed by atoms with Crippen molar-refractivity contribution >= 4 is 33.8 Å². The van der Waals surface area contributed by atoms with Gasteiger partial charge >= 0.3 is 0 Å². The molecule has 0 bridgehead atoms. The first-order valence-corrected chi connectivity index (χ1v) is 8.70. The van der Waals surface area contributed by atoms with Crippen molar-refractivity contribution in [3.05, 3.63) is 39.7 Å². The summed E-state index contributed by atoms with van der Waals surface area (Å²) in [5.41, 5.74) is 1.86. The highest BCUT2D eigenvalue weighted by Crippen LogP contribution is 2.47. The average molecular weight is 344 g/mol. The van der Waals surface area contributed by atoms with Crippen LogP contribution in [0.1, 0.15) is 36.1 Å². The van der Waals surface area contributed by atoms with E-state index in [0.29, 0.717) is 15.5 Å². The molecule has 4 rings (SSSR count). The first kappa shape index (κ1) is 14.6. The number of nitrogens with zero attached hydrogens (tertiary/aromatic N) is 1. The van der Waals surface area contributed by atoms with E-state index in [9.17, 15) is 5.26 Å². The molecule has 1 fully saturated rings. The molecule has 1 aliphatic carbocycles. The predicted molar refractivity (Wildman–Crippen MR) is 92.2 cm³/mol. The van der Waals surface area contributed by atoms with Crippen LogP contribution in [0.15, 0.2) is 24.3 Å². The first-order chi connectivity index (χ1) is 11.1. The van der Waals surface area contributed by atoms with Gasteiger partial charge in [-0.05, 0) is 30.5 Å². The summed E-state index contributed by atoms with van der Waals surface area (Å²) >= 11 is 7.36. The number of anilines is 1. The minimum Gasteiger partial charge on any atom is -0.451 e. The van der Waals surface area contributed by atoms with Crippen molar-refractivity contribution in [3.63, 3.8) is 0 Å². The number of nitrogens with one attached hydrogen (secondary N) is 2. The zero-order chi connectivity index (χ0) is 16.0. The van der Waals surface area contributed by atoms with Crippen molar-refractivity contribution in [2.75, 3.05) is 5.32 Å². The Morgan fingerprint density at radius 2 is 1.91 bits per heavy atom. The summed E-state index contributed by atoms with van der Waals surface area (Å²) in [4.78, 5) is 0.591. The van der Waals surface area contributed by atoms with Crippen LogP contribution in [0.5, 0.6) is 0 Å². The molecule has 2 aromatic rings. The van der Waals surface area contributed by atoms with Crippen LogP contribution in [-0.2, 0) is 4.74 Å². The normalized spacial score (nSPS) is 18.2. The summed E-state index contributed by atoms with van der Waals surface area (Å²) in [5.74, 6) is 0.156. The van der Waals surface area contributed by atoms with Gasteiger partial charge in [-0.2, -0.15) is 5.26 Å². The van der Waals surface area contributed by atoms with E-state index in [1.165, 1.54) is 11.3 Å². The van der Waals surface area contributed by atoms with E-state index in [-0.39, 0.29) is 5.90 Å². The Labute approximate surface area is 143 Å². The molecule has 0 saturated heterocycles. The van der Waals surface area contributed by atoms with E-state index >= 15 is 0 Å². The molecule has 1 saturated carbocycles. The highest BCUT2D eigenvalue weighted by molar-refractivity contribution is 7.17. The lowest BCUT2D eigenvalue weighted by Crippen LogP contribution is -2.43. The lowest BCUT2D eigenvalue weighted by molar-refractivity contribution is 0.0883. The maximum absolute atomic E-state index is 9.52. The van der Waals surface area contributed by atoms with Crippen LogP contribution < -0.4 is 5.32 Å². The fraction of sp³-hybridized carbons (Fsp3) is 0.294. The Bertz CT molecular complexity index is 829. The molecule has 0 radical (unpaired) electrons. The topological polar surface area (TPSA) is 68.9 Å². The number of hydrogen-bond acceptors (Lipinski definition) is 5. The molecular formula is C17H14ClN3OS. The van der Waals surface area contributed by atoms with Gasteiger partial charge < -0.3 is 10.1 Å². The van der Waals surface area contributed by atoms with Gasteiger partial charge in [0.2, 0.25) is 5.90 Å². The van der Waals surface area contributed by atoms with Crippen molar-refractivity contribution in [2.24, 2.45) is 0 Å². The van der Waals surface area contributed by atoms with Gasteiger partial charge in [0.15, 0.2) is 5.72 Å². The summed E-state index contributed by atoms with van der Waals surface area (Å²) in [6.07, 6.45) is 3.97. The van der Waals surface area contributed by atoms with Crippen LogP contribution in [0.3, 0.4) is 0 Å². The molecule has 23 heavy (non-hydrogen) atoms. The third-order valence-electron chi connectivity index (χ3n) is 4.42. The molecule has 1 spiro atoms. The molecule has 4 nitrogen and oxygen atoms in total. The zero-order valence-electron chi connectivity index (χ0n) is 12.3. The van der Waals surface area contributed by atoms with Crippen LogP contribution in [0.4, 0.5) is 5.00 Å². The van der Waals surface area contributed by atoms with Gasteiger partial charge in [-0.1, -0.05) is 23.7 Å². The summed E-state index contributed by atoms with van der Waals surface area (Å²) in [7, 11) is 0. The van der Waals surface area contributed by atoms with Crippen molar-refractivity contribution in [2.45, 2.75) is 31.4 Å². The van der Waals surface area contributed by atoms with Gasteiger partial charge in [0, 0.05) is 23.4 Å². The molecule has 0 amide bonds. The molecule has 0 atom stereocenters. The fourth-order valence-electron chi connectivity index (χ4n) is 3.36. The Balaban J connectivity index is 1.86. The van der Waals surface area contributed by atoms with E-state index in [1.807, 2.05) is 12.1 Å². The third kappa shape index (κ3) is 2.30. The molecule has 0 unspecified atom stereocenters. The standard InChI is InChI=1S/C17H14ClN3OS/c18-11-5-3-10(4-6-11)13-12(9-19)23-16-14(13)15(20)22-17(21-16)7-1-2-8-17/h3-6,20-21H,1-2,7-8H2. The molecule has 2 N–H and O–H groups in total. The molecule has 116 valence electrons. The number of fused-ring (bicyclic) bond motifs is 1. The minimum absolute atomic E-state index is 0.156. The third-order valence-corrected chi connectivity index (χ3v) is 5.68. The van der Waals surface area contributed by atoms with Gasteiger partial charge in [-0.15, -0.1) is 11.3 Å². The summed E-state index contributed by atoms with van der Waals surface area (Å²) < 4.78 is 5.95. The van der Waals surface area contributed by atoms with Gasteiger partial charge in [0.05, 0.1) is 5.56 Å². The smallest absolute Gasteiger partial charge is 0.219 e. The Morgan fingerprint density at radius 1 is 1.22 bits per heavy atom. The van der Waals surface area contributed by atoms with Crippen molar-refractivity contribution in [3.8, 4) is 17.2 Å². The summed E-state index contributed by atoms with van der Waals surface area (Å²) in [6.45, 7) is 0. The van der Waals surface area contributed by atoms with Crippen molar-refractivity contribution in [1.29, 1.82) is 10.7 Å². The van der Waals surface area contributed by atoms with Gasteiger partial charge in [0.1, 0.15) is 15.9 Å². The Kier molecular flexibility index (Phi) is 3.33. The highest BCUT2D eigenvalue weighted by Gasteiger charge is 2.43. The molecule has 2 aliphatic rings. The van der Waals surface area contributed by atoms with Gasteiger partial charge in [0.25, 0.3) is 0 Å². The van der Waals surface area contributed by atoms with Crippen LogP contribution in [0.25, 0.3) is 11.1 Å². The van der Waals surface area contributed by atoms with Crippen molar-refractivity contribution in [1.82, 2.24) is 0 Å². The predicted octanol–water partition coefficient (Wildman–Crippen LogP) is 4.98. The SMILES string of the molecule is N#Cc1sc2c(c1-c1ccc(Cl)cc1)C(=N)OC1(CCCC1)N2. The maximum atomic E-state index is 9.52. The minimum atomic E-state index is -0.459. The number of halogens is 1. The number of nitriles is 1. The summed E-state index contributed by atoms with van der Waals surface area (Å²) in [6, 6.07) is 9.59. The van der Waals surface area contributed by atoms with E-state index in [0.717, 1.165) is 41.8 Å². The molecule has 2 heterocycles. The first-order valence-electron chi connectivity index (χ1n) is 7.51. The number of rotatable bonds is 1. The molecule has 1 aromatic carbocycles. The number of benzene rings is 1. The van der Waals surface area contributed by atoms with Crippen LogP contribution in [-0.4, -0.2) is 11.6 Å². The summed E-state index contributed by atoms with van der Waals surface area (Å²) in [5, 5.41) is 22.9. The highest BCUT2D eigenvalue weighted by atomic mass is 35.5. The number of hydrogen-bond donors (Lipinski definition) is 2. The van der Waals surface area contributed by atoms with Crippen molar-refractivity contribution < 1.29 is 4.74 Å². The Morgan fingerprint density at radius 3 is 2.57 bits per heavy atom. The van der Waals surface area contributed by atoms with Gasteiger partial charge in [-0.3, -0.25) is 5.41 Å². The van der Waals surface area contributed by atoms with Gasteiger partial charge in [-0.25, -0.2) is 0 Å². The average Bonchev–Trinajstić information content (AvgIpc) is 3.13. The van der Waals surface area contributed by atoms with Crippen LogP contribution in [0, 0.1) is 16.7 Å². The molecule has 1 aliphatic heterocycles. The van der Waals surface area contributed by atoms with Crippen LogP contribution >= 0.6 is 22.9 Å². The quantitative estimate of drug-likeness (QED) is 0.767. The zero-order valence-corrected chi connectivity index (χ0v) is 13.9. The largest absolute Gasteiger partial charge is 0.451 e. The second kappa shape index (κ2) is 5.26. The second-order valence-electron chi connectivity index (χ2n) is 5.89. The maximum Gasteiger partial charge on any atom is 0.219 e. The monoisotopic (exact) mass is 343 g/mol. The molecule has 6 heteroatoms. The van der Waals surface area contributed by atoms with E-state index in [2.05, 4.69) is 11.4 Å². The van der Waals surface area contributed by atoms with Crippen LogP contribution in [0.2, 0.25) is 5.02 Å². The Hall–Kier alpha value is -2.03. The molecular weight excluding hydrogens is 330 g/mol. The fourth-order valence-corrected chi connectivity index (χ4v) is 4.59. The number of thiophene rings is 1. The van der Waals surface area contributed by atoms with E-state index in [4.69, 9.17) is 21.7 Å². The lowest BCUT2D eigenvalue weighted by atomic mass is 9.99.